The number of rotatable bonds is 3. The van der Waals surface area contributed by atoms with Crippen LogP contribution >= 0.6 is 11.8 Å². The third-order valence-corrected chi connectivity index (χ3v) is 4.43. The molecule has 0 spiro atoms. The number of hydrogen-bond acceptors (Lipinski definition) is 3. The Morgan fingerprint density at radius 2 is 2.31 bits per heavy atom. The van der Waals surface area contributed by atoms with Gasteiger partial charge in [-0.1, -0.05) is 0 Å². The molecule has 4 heteroatoms. The van der Waals surface area contributed by atoms with Gasteiger partial charge in [0.15, 0.2) is 0 Å². The van der Waals surface area contributed by atoms with Crippen molar-refractivity contribution in [2.24, 2.45) is 0 Å². The first-order valence-electron chi connectivity index (χ1n) is 5.51. The lowest BCUT2D eigenvalue weighted by Gasteiger charge is -2.23. The minimum absolute atomic E-state index is 0.279. The molecule has 0 radical (unpaired) electrons. The fourth-order valence-electron chi connectivity index (χ4n) is 1.98. The van der Waals surface area contributed by atoms with Crippen LogP contribution in [0.5, 0.6) is 0 Å². The van der Waals surface area contributed by atoms with E-state index in [4.69, 9.17) is 5.73 Å². The lowest BCUT2D eigenvalue weighted by atomic mass is 10.1. The van der Waals surface area contributed by atoms with E-state index in [1.54, 1.807) is 6.07 Å². The summed E-state index contributed by atoms with van der Waals surface area (Å²) in [6.07, 6.45) is 2.49. The molecule has 88 valence electrons. The SMILES string of the molecule is CC1(CNc2cc(N)cc(F)c2)CCCS1. The Hall–Kier alpha value is -0.900. The Morgan fingerprint density at radius 1 is 1.50 bits per heavy atom. The number of hydrogen-bond donors (Lipinski definition) is 2. The normalized spacial score (nSPS) is 24.6. The maximum atomic E-state index is 13.1. The molecule has 1 aliphatic rings. The van der Waals surface area contributed by atoms with Crippen LogP contribution in [0.2, 0.25) is 0 Å². The van der Waals surface area contributed by atoms with Gasteiger partial charge in [0, 0.05) is 22.7 Å². The van der Waals surface area contributed by atoms with Gasteiger partial charge in [-0.3, -0.25) is 0 Å². The first-order valence-corrected chi connectivity index (χ1v) is 6.50. The summed E-state index contributed by atoms with van der Waals surface area (Å²) in [6, 6.07) is 4.59. The van der Waals surface area contributed by atoms with Crippen LogP contribution in [0.1, 0.15) is 19.8 Å². The van der Waals surface area contributed by atoms with Crippen molar-refractivity contribution in [3.63, 3.8) is 0 Å². The standard InChI is InChI=1S/C12H17FN2S/c1-12(3-2-4-16-12)8-15-11-6-9(13)5-10(14)7-11/h5-7,15H,2-4,8,14H2,1H3. The molecule has 1 heterocycles. The van der Waals surface area contributed by atoms with Crippen molar-refractivity contribution >= 4 is 23.1 Å². The summed E-state index contributed by atoms with van der Waals surface area (Å²) < 4.78 is 13.4. The third-order valence-electron chi connectivity index (χ3n) is 2.89. The predicted molar refractivity (Wildman–Crippen MR) is 69.4 cm³/mol. The number of thioether (sulfide) groups is 1. The maximum absolute atomic E-state index is 13.1. The van der Waals surface area contributed by atoms with Gasteiger partial charge in [0.05, 0.1) is 0 Å². The summed E-state index contributed by atoms with van der Waals surface area (Å²) in [5.74, 6) is 0.940. The van der Waals surface area contributed by atoms with Gasteiger partial charge in [-0.25, -0.2) is 4.39 Å². The van der Waals surface area contributed by atoms with Crippen LogP contribution < -0.4 is 11.1 Å². The van der Waals surface area contributed by atoms with Gasteiger partial charge in [0.1, 0.15) is 5.82 Å². The molecule has 2 nitrogen and oxygen atoms in total. The van der Waals surface area contributed by atoms with Gasteiger partial charge in [0.2, 0.25) is 0 Å². The van der Waals surface area contributed by atoms with E-state index in [0.717, 1.165) is 12.2 Å². The number of nitrogens with two attached hydrogens (primary N) is 1. The topological polar surface area (TPSA) is 38.0 Å². The molecule has 1 saturated heterocycles. The Balaban J connectivity index is 1.98. The van der Waals surface area contributed by atoms with Crippen LogP contribution in [0.3, 0.4) is 0 Å². The van der Waals surface area contributed by atoms with Crippen molar-refractivity contribution in [1.29, 1.82) is 0 Å². The Bertz CT molecular complexity index is 355. The van der Waals surface area contributed by atoms with Gasteiger partial charge in [-0.15, -0.1) is 0 Å². The number of benzene rings is 1. The number of nitrogen functional groups attached to an aromatic ring is 1. The molecule has 0 aromatic heterocycles. The largest absolute Gasteiger partial charge is 0.399 e. The zero-order valence-electron chi connectivity index (χ0n) is 9.42. The van der Waals surface area contributed by atoms with Gasteiger partial charge in [0.25, 0.3) is 0 Å². The van der Waals surface area contributed by atoms with Crippen LogP contribution in [0.25, 0.3) is 0 Å². The highest BCUT2D eigenvalue weighted by atomic mass is 32.2. The van der Waals surface area contributed by atoms with Crippen molar-refractivity contribution in [3.8, 4) is 0 Å². The smallest absolute Gasteiger partial charge is 0.127 e. The van der Waals surface area contributed by atoms with Crippen molar-refractivity contribution < 1.29 is 4.39 Å². The summed E-state index contributed by atoms with van der Waals surface area (Å²) in [4.78, 5) is 0. The molecule has 1 aromatic rings. The molecule has 2 rings (SSSR count). The molecule has 3 N–H and O–H groups in total. The molecule has 0 bridgehead atoms. The van der Waals surface area contributed by atoms with E-state index in [9.17, 15) is 4.39 Å². The second-order valence-corrected chi connectivity index (χ2v) is 6.21. The van der Waals surface area contributed by atoms with Crippen molar-refractivity contribution in [1.82, 2.24) is 0 Å². The van der Waals surface area contributed by atoms with Crippen molar-refractivity contribution in [3.05, 3.63) is 24.0 Å². The first-order chi connectivity index (χ1) is 7.57. The van der Waals surface area contributed by atoms with Crippen LogP contribution in [0, 0.1) is 5.82 Å². The number of halogens is 1. The van der Waals surface area contributed by atoms with Gasteiger partial charge >= 0.3 is 0 Å². The molecule has 16 heavy (non-hydrogen) atoms. The minimum atomic E-state index is -0.285. The second-order valence-electron chi connectivity index (χ2n) is 4.53. The highest BCUT2D eigenvalue weighted by Crippen LogP contribution is 2.37. The molecule has 0 amide bonds. The average molecular weight is 240 g/mol. The zero-order chi connectivity index (χ0) is 11.6. The van der Waals surface area contributed by atoms with Crippen molar-refractivity contribution in [2.45, 2.75) is 24.5 Å². The second kappa shape index (κ2) is 4.53. The summed E-state index contributed by atoms with van der Waals surface area (Å²) >= 11 is 1.98. The monoisotopic (exact) mass is 240 g/mol. The quantitative estimate of drug-likeness (QED) is 0.797. The van der Waals surface area contributed by atoms with Gasteiger partial charge in [-0.05, 0) is 43.7 Å². The molecule has 1 aromatic carbocycles. The first kappa shape index (κ1) is 11.6. The Labute approximate surface area is 99.8 Å². The van der Waals surface area contributed by atoms with Crippen LogP contribution in [0.15, 0.2) is 18.2 Å². The van der Waals surface area contributed by atoms with E-state index in [-0.39, 0.29) is 10.6 Å². The van der Waals surface area contributed by atoms with E-state index in [2.05, 4.69) is 12.2 Å². The third kappa shape index (κ3) is 2.82. The molecule has 1 fully saturated rings. The Kier molecular flexibility index (Phi) is 3.28. The molecular formula is C12H17FN2S. The lowest BCUT2D eigenvalue weighted by Crippen LogP contribution is -2.27. The summed E-state index contributed by atoms with van der Waals surface area (Å²) in [7, 11) is 0. The van der Waals surface area contributed by atoms with Gasteiger partial charge < -0.3 is 11.1 Å². The zero-order valence-corrected chi connectivity index (χ0v) is 10.2. The van der Waals surface area contributed by atoms with E-state index >= 15 is 0 Å². The molecule has 1 aliphatic heterocycles. The minimum Gasteiger partial charge on any atom is -0.399 e. The number of anilines is 2. The summed E-state index contributed by atoms with van der Waals surface area (Å²) in [5, 5.41) is 3.27. The van der Waals surface area contributed by atoms with Crippen LogP contribution in [-0.2, 0) is 0 Å². The fraction of sp³-hybridized carbons (Fsp3) is 0.500. The summed E-state index contributed by atoms with van der Waals surface area (Å²) in [6.45, 7) is 3.11. The molecular weight excluding hydrogens is 223 g/mol. The Morgan fingerprint density at radius 3 is 2.94 bits per heavy atom. The van der Waals surface area contributed by atoms with E-state index in [0.29, 0.717) is 5.69 Å². The highest BCUT2D eigenvalue weighted by molar-refractivity contribution is 8.00. The van der Waals surface area contributed by atoms with Gasteiger partial charge in [-0.2, -0.15) is 11.8 Å². The average Bonchev–Trinajstić information content (AvgIpc) is 2.62. The fourth-order valence-corrected chi connectivity index (χ4v) is 3.22. The van der Waals surface area contributed by atoms with E-state index < -0.39 is 0 Å². The van der Waals surface area contributed by atoms with Crippen molar-refractivity contribution in [2.75, 3.05) is 23.3 Å². The van der Waals surface area contributed by atoms with E-state index in [1.807, 2.05) is 11.8 Å². The molecule has 0 aliphatic carbocycles. The molecule has 1 unspecified atom stereocenters. The predicted octanol–water partition coefficient (Wildman–Crippen LogP) is 3.11. The highest BCUT2D eigenvalue weighted by Gasteiger charge is 2.28. The maximum Gasteiger partial charge on any atom is 0.127 e. The summed E-state index contributed by atoms with van der Waals surface area (Å²) in [5.41, 5.74) is 6.83. The van der Waals surface area contributed by atoms with Crippen LogP contribution in [-0.4, -0.2) is 17.0 Å². The van der Waals surface area contributed by atoms with Crippen LogP contribution in [0.4, 0.5) is 15.8 Å². The molecule has 0 saturated carbocycles. The molecule has 1 atom stereocenters. The number of nitrogens with one attached hydrogen (secondary N) is 1. The van der Waals surface area contributed by atoms with E-state index in [1.165, 1.54) is 30.7 Å². The lowest BCUT2D eigenvalue weighted by molar-refractivity contribution is 0.624.